The highest BCUT2D eigenvalue weighted by Crippen LogP contribution is 2.20. The number of benzene rings is 2. The molecular weight excluding hydrogens is 266 g/mol. The first-order valence-corrected chi connectivity index (χ1v) is 7.84. The molecule has 0 radical (unpaired) electrons. The molecule has 2 rings (SSSR count). The summed E-state index contributed by atoms with van der Waals surface area (Å²) < 4.78 is 0. The van der Waals surface area contributed by atoms with Gasteiger partial charge in [0.2, 0.25) is 0 Å². The summed E-state index contributed by atoms with van der Waals surface area (Å²) in [7, 11) is 0. The SMILES string of the molecule is CSc1ccc(C)c(C(=O)NC(C)c2ccccc2)c1. The Balaban J connectivity index is 2.16. The highest BCUT2D eigenvalue weighted by Gasteiger charge is 2.13. The predicted octanol–water partition coefficient (Wildman–Crippen LogP) is 4.21. The molecule has 2 aromatic carbocycles. The number of amides is 1. The van der Waals surface area contributed by atoms with Gasteiger partial charge in [-0.25, -0.2) is 0 Å². The fraction of sp³-hybridized carbons (Fsp3) is 0.235. The van der Waals surface area contributed by atoms with Crippen molar-refractivity contribution in [2.24, 2.45) is 0 Å². The van der Waals surface area contributed by atoms with E-state index in [2.05, 4.69) is 5.32 Å². The summed E-state index contributed by atoms with van der Waals surface area (Å²) in [5.41, 5.74) is 2.86. The van der Waals surface area contributed by atoms with Gasteiger partial charge in [0.15, 0.2) is 0 Å². The van der Waals surface area contributed by atoms with Crippen LogP contribution >= 0.6 is 11.8 Å². The second kappa shape index (κ2) is 6.62. The number of carbonyl (C=O) groups is 1. The van der Waals surface area contributed by atoms with Crippen LogP contribution in [0.15, 0.2) is 53.4 Å². The van der Waals surface area contributed by atoms with Crippen molar-refractivity contribution in [3.63, 3.8) is 0 Å². The summed E-state index contributed by atoms with van der Waals surface area (Å²) in [4.78, 5) is 13.5. The van der Waals surface area contributed by atoms with Gasteiger partial charge in [0.05, 0.1) is 6.04 Å². The van der Waals surface area contributed by atoms with Gasteiger partial charge in [-0.2, -0.15) is 0 Å². The summed E-state index contributed by atoms with van der Waals surface area (Å²) in [6, 6.07) is 16.0. The number of aryl methyl sites for hydroxylation is 1. The van der Waals surface area contributed by atoms with Gasteiger partial charge in [-0.15, -0.1) is 11.8 Å². The minimum Gasteiger partial charge on any atom is -0.346 e. The lowest BCUT2D eigenvalue weighted by Gasteiger charge is -2.15. The third kappa shape index (κ3) is 3.42. The van der Waals surface area contributed by atoms with Crippen molar-refractivity contribution in [3.05, 3.63) is 65.2 Å². The third-order valence-electron chi connectivity index (χ3n) is 3.34. The van der Waals surface area contributed by atoms with E-state index in [0.29, 0.717) is 0 Å². The Morgan fingerprint density at radius 1 is 1.15 bits per heavy atom. The molecule has 0 spiro atoms. The number of rotatable bonds is 4. The quantitative estimate of drug-likeness (QED) is 0.853. The Morgan fingerprint density at radius 2 is 1.85 bits per heavy atom. The van der Waals surface area contributed by atoms with E-state index in [1.54, 1.807) is 11.8 Å². The van der Waals surface area contributed by atoms with E-state index in [4.69, 9.17) is 0 Å². The molecule has 20 heavy (non-hydrogen) atoms. The van der Waals surface area contributed by atoms with Gasteiger partial charge in [0.25, 0.3) is 5.91 Å². The molecule has 0 saturated carbocycles. The van der Waals surface area contributed by atoms with Crippen LogP contribution in [0.4, 0.5) is 0 Å². The van der Waals surface area contributed by atoms with Gasteiger partial charge in [-0.1, -0.05) is 36.4 Å². The van der Waals surface area contributed by atoms with Gasteiger partial charge in [-0.3, -0.25) is 4.79 Å². The maximum atomic E-state index is 12.4. The van der Waals surface area contributed by atoms with Crippen LogP contribution in [-0.4, -0.2) is 12.2 Å². The first-order valence-electron chi connectivity index (χ1n) is 6.62. The third-order valence-corrected chi connectivity index (χ3v) is 4.06. The Bertz CT molecular complexity index is 595. The Labute approximate surface area is 124 Å². The van der Waals surface area contributed by atoms with E-state index in [-0.39, 0.29) is 11.9 Å². The fourth-order valence-electron chi connectivity index (χ4n) is 2.07. The largest absolute Gasteiger partial charge is 0.346 e. The number of hydrogen-bond donors (Lipinski definition) is 1. The molecule has 1 N–H and O–H groups in total. The smallest absolute Gasteiger partial charge is 0.252 e. The lowest BCUT2D eigenvalue weighted by atomic mass is 10.1. The molecular formula is C17H19NOS. The molecule has 104 valence electrons. The van der Waals surface area contributed by atoms with E-state index in [1.807, 2.05) is 68.6 Å². The number of thioether (sulfide) groups is 1. The maximum Gasteiger partial charge on any atom is 0.252 e. The minimum atomic E-state index is -0.0187. The highest BCUT2D eigenvalue weighted by atomic mass is 32.2. The van der Waals surface area contributed by atoms with Crippen LogP contribution in [0.25, 0.3) is 0 Å². The van der Waals surface area contributed by atoms with Crippen molar-refractivity contribution in [2.45, 2.75) is 24.8 Å². The lowest BCUT2D eigenvalue weighted by molar-refractivity contribution is 0.0939. The van der Waals surface area contributed by atoms with Gasteiger partial charge in [0.1, 0.15) is 0 Å². The average Bonchev–Trinajstić information content (AvgIpc) is 2.48. The molecule has 0 heterocycles. The van der Waals surface area contributed by atoms with E-state index in [1.165, 1.54) is 0 Å². The van der Waals surface area contributed by atoms with Crippen LogP contribution in [0.5, 0.6) is 0 Å². The number of hydrogen-bond acceptors (Lipinski definition) is 2. The summed E-state index contributed by atoms with van der Waals surface area (Å²) in [6.07, 6.45) is 2.01. The van der Waals surface area contributed by atoms with E-state index in [0.717, 1.165) is 21.6 Å². The number of carbonyl (C=O) groups excluding carboxylic acids is 1. The zero-order valence-corrected chi connectivity index (χ0v) is 12.8. The van der Waals surface area contributed by atoms with Crippen molar-refractivity contribution in [2.75, 3.05) is 6.26 Å². The summed E-state index contributed by atoms with van der Waals surface area (Å²) in [5, 5.41) is 3.06. The van der Waals surface area contributed by atoms with Crippen LogP contribution in [-0.2, 0) is 0 Å². The lowest BCUT2D eigenvalue weighted by Crippen LogP contribution is -2.27. The predicted molar refractivity (Wildman–Crippen MR) is 85.3 cm³/mol. The van der Waals surface area contributed by atoms with Crippen LogP contribution in [0.3, 0.4) is 0 Å². The van der Waals surface area contributed by atoms with E-state index >= 15 is 0 Å². The zero-order chi connectivity index (χ0) is 14.5. The Kier molecular flexibility index (Phi) is 4.85. The van der Waals surface area contributed by atoms with Crippen LogP contribution < -0.4 is 5.32 Å². The van der Waals surface area contributed by atoms with Gasteiger partial charge >= 0.3 is 0 Å². The normalized spacial score (nSPS) is 11.9. The van der Waals surface area contributed by atoms with Crippen LogP contribution in [0.2, 0.25) is 0 Å². The zero-order valence-electron chi connectivity index (χ0n) is 12.0. The molecule has 0 bridgehead atoms. The second-order valence-electron chi connectivity index (χ2n) is 4.79. The molecule has 0 aromatic heterocycles. The van der Waals surface area contributed by atoms with Crippen molar-refractivity contribution < 1.29 is 4.79 Å². The molecule has 0 aliphatic rings. The molecule has 0 saturated heterocycles. The summed E-state index contributed by atoms with van der Waals surface area (Å²) >= 11 is 1.64. The Morgan fingerprint density at radius 3 is 2.50 bits per heavy atom. The molecule has 0 aliphatic heterocycles. The molecule has 2 nitrogen and oxygen atoms in total. The molecule has 3 heteroatoms. The monoisotopic (exact) mass is 285 g/mol. The van der Waals surface area contributed by atoms with Gasteiger partial charge in [0, 0.05) is 10.5 Å². The fourth-order valence-corrected chi connectivity index (χ4v) is 2.51. The Hall–Kier alpha value is -1.74. The summed E-state index contributed by atoms with van der Waals surface area (Å²) in [5.74, 6) is -0.0187. The second-order valence-corrected chi connectivity index (χ2v) is 5.67. The van der Waals surface area contributed by atoms with Crippen LogP contribution in [0.1, 0.15) is 34.5 Å². The highest BCUT2D eigenvalue weighted by molar-refractivity contribution is 7.98. The van der Waals surface area contributed by atoms with Crippen molar-refractivity contribution in [1.29, 1.82) is 0 Å². The van der Waals surface area contributed by atoms with E-state index in [9.17, 15) is 4.79 Å². The average molecular weight is 285 g/mol. The maximum absolute atomic E-state index is 12.4. The molecule has 1 amide bonds. The summed E-state index contributed by atoms with van der Waals surface area (Å²) in [6.45, 7) is 3.97. The topological polar surface area (TPSA) is 29.1 Å². The first-order chi connectivity index (χ1) is 9.61. The van der Waals surface area contributed by atoms with Gasteiger partial charge in [-0.05, 0) is 43.4 Å². The first kappa shape index (κ1) is 14.7. The van der Waals surface area contributed by atoms with Gasteiger partial charge < -0.3 is 5.32 Å². The van der Waals surface area contributed by atoms with Crippen molar-refractivity contribution in [3.8, 4) is 0 Å². The molecule has 0 fully saturated rings. The molecule has 0 aliphatic carbocycles. The number of nitrogens with one attached hydrogen (secondary N) is 1. The molecule has 1 unspecified atom stereocenters. The van der Waals surface area contributed by atoms with E-state index < -0.39 is 0 Å². The molecule has 1 atom stereocenters. The van der Waals surface area contributed by atoms with Crippen molar-refractivity contribution in [1.82, 2.24) is 5.32 Å². The van der Waals surface area contributed by atoms with Crippen molar-refractivity contribution >= 4 is 17.7 Å². The molecule has 2 aromatic rings. The van der Waals surface area contributed by atoms with Crippen LogP contribution in [0, 0.1) is 6.92 Å². The minimum absolute atomic E-state index is 0.000959. The standard InChI is InChI=1S/C17H19NOS/c1-12-9-10-15(20-3)11-16(12)17(19)18-13(2)14-7-5-4-6-8-14/h4-11,13H,1-3H3,(H,18,19).